The summed E-state index contributed by atoms with van der Waals surface area (Å²) in [7, 11) is 0. The van der Waals surface area contributed by atoms with Gasteiger partial charge in [-0.05, 0) is 64.4 Å². The molecule has 1 unspecified atom stereocenters. The number of thioether (sulfide) groups is 1. The number of nitrogens with one attached hydrogen (secondary N) is 1. The Morgan fingerprint density at radius 1 is 1.35 bits per heavy atom. The molecule has 100 valence electrons. The van der Waals surface area contributed by atoms with Crippen molar-refractivity contribution in [3.05, 3.63) is 0 Å². The zero-order valence-electron chi connectivity index (χ0n) is 11.5. The molecule has 0 saturated carbocycles. The van der Waals surface area contributed by atoms with Crippen molar-refractivity contribution in [3.8, 4) is 0 Å². The lowest BCUT2D eigenvalue weighted by atomic mass is 10.0. The Labute approximate surface area is 111 Å². The second kappa shape index (κ2) is 6.44. The third kappa shape index (κ3) is 4.15. The molecule has 0 spiro atoms. The minimum absolute atomic E-state index is 0.528. The van der Waals surface area contributed by atoms with E-state index >= 15 is 0 Å². The summed E-state index contributed by atoms with van der Waals surface area (Å²) in [6.45, 7) is 9.83. The summed E-state index contributed by atoms with van der Waals surface area (Å²) in [5, 5.41) is 3.82. The molecule has 0 radical (unpaired) electrons. The second-order valence-corrected chi connectivity index (χ2v) is 7.58. The fourth-order valence-electron chi connectivity index (χ4n) is 3.01. The van der Waals surface area contributed by atoms with Crippen LogP contribution in [-0.4, -0.2) is 47.6 Å². The largest absolute Gasteiger partial charge is 0.313 e. The van der Waals surface area contributed by atoms with Crippen molar-refractivity contribution in [2.75, 3.05) is 31.9 Å². The maximum atomic E-state index is 3.82. The van der Waals surface area contributed by atoms with Crippen LogP contribution in [0.5, 0.6) is 0 Å². The molecular formula is C14H28N2S. The van der Waals surface area contributed by atoms with Gasteiger partial charge in [-0.25, -0.2) is 0 Å². The summed E-state index contributed by atoms with van der Waals surface area (Å²) in [5.41, 5.74) is 0. The molecule has 2 heterocycles. The lowest BCUT2D eigenvalue weighted by Gasteiger charge is -2.34. The highest BCUT2D eigenvalue weighted by Gasteiger charge is 2.30. The van der Waals surface area contributed by atoms with E-state index in [1.165, 1.54) is 64.0 Å². The van der Waals surface area contributed by atoms with Crippen LogP contribution in [0.2, 0.25) is 0 Å². The fourth-order valence-corrected chi connectivity index (χ4v) is 4.27. The molecule has 3 heteroatoms. The van der Waals surface area contributed by atoms with Gasteiger partial charge in [0.1, 0.15) is 0 Å². The Balaban J connectivity index is 1.64. The molecule has 2 rings (SSSR count). The monoisotopic (exact) mass is 256 g/mol. The second-order valence-electron chi connectivity index (χ2n) is 5.90. The minimum Gasteiger partial charge on any atom is -0.313 e. The van der Waals surface area contributed by atoms with E-state index in [1.54, 1.807) is 0 Å². The van der Waals surface area contributed by atoms with Gasteiger partial charge in [0.15, 0.2) is 0 Å². The lowest BCUT2D eigenvalue weighted by Crippen LogP contribution is -2.46. The quantitative estimate of drug-likeness (QED) is 0.814. The first kappa shape index (κ1) is 13.7. The smallest absolute Gasteiger partial charge is 0.0256 e. The zero-order chi connectivity index (χ0) is 12.1. The van der Waals surface area contributed by atoms with E-state index in [-0.39, 0.29) is 0 Å². The molecule has 2 nitrogen and oxygen atoms in total. The molecule has 2 saturated heterocycles. The molecule has 0 aromatic carbocycles. The van der Waals surface area contributed by atoms with Crippen molar-refractivity contribution in [2.45, 2.75) is 56.7 Å². The Morgan fingerprint density at radius 2 is 2.12 bits per heavy atom. The third-order valence-electron chi connectivity index (χ3n) is 4.19. The summed E-state index contributed by atoms with van der Waals surface area (Å²) in [5.74, 6) is 1.37. The highest BCUT2D eigenvalue weighted by atomic mass is 32.2. The maximum Gasteiger partial charge on any atom is 0.0256 e. The Bertz CT molecular complexity index is 218. The van der Waals surface area contributed by atoms with Gasteiger partial charge in [0.2, 0.25) is 0 Å². The first-order valence-electron chi connectivity index (χ1n) is 7.31. The molecular weight excluding hydrogens is 228 g/mol. The number of rotatable bonds is 5. The van der Waals surface area contributed by atoms with Gasteiger partial charge in [0.05, 0.1) is 0 Å². The Hall–Kier alpha value is 0.270. The van der Waals surface area contributed by atoms with E-state index in [0.717, 1.165) is 6.04 Å². The summed E-state index contributed by atoms with van der Waals surface area (Å²) in [6.07, 6.45) is 6.81. The van der Waals surface area contributed by atoms with Crippen LogP contribution >= 0.6 is 11.8 Å². The van der Waals surface area contributed by atoms with Crippen LogP contribution in [0.3, 0.4) is 0 Å². The van der Waals surface area contributed by atoms with Gasteiger partial charge in [-0.1, -0.05) is 6.92 Å². The standard InChI is InChI=1S/C14H28N2S/c1-3-8-16-9-5-13(6-10-16)15-12-14(2)7-4-11-17-14/h13,15H,3-12H2,1-2H3. The van der Waals surface area contributed by atoms with Crippen molar-refractivity contribution < 1.29 is 0 Å². The molecule has 0 aliphatic carbocycles. The Kier molecular flexibility index (Phi) is 5.19. The minimum atomic E-state index is 0.528. The van der Waals surface area contributed by atoms with Gasteiger partial charge in [-0.2, -0.15) is 11.8 Å². The first-order chi connectivity index (χ1) is 8.22. The topological polar surface area (TPSA) is 15.3 Å². The zero-order valence-corrected chi connectivity index (χ0v) is 12.3. The molecule has 17 heavy (non-hydrogen) atoms. The molecule has 2 fully saturated rings. The summed E-state index contributed by atoms with van der Waals surface area (Å²) >= 11 is 2.17. The predicted molar refractivity (Wildman–Crippen MR) is 77.9 cm³/mol. The number of nitrogens with zero attached hydrogens (tertiary/aromatic N) is 1. The highest BCUT2D eigenvalue weighted by Crippen LogP contribution is 2.37. The van der Waals surface area contributed by atoms with Crippen LogP contribution in [0.1, 0.15) is 46.0 Å². The molecule has 0 aromatic heterocycles. The van der Waals surface area contributed by atoms with Gasteiger partial charge in [0, 0.05) is 17.3 Å². The van der Waals surface area contributed by atoms with E-state index in [0.29, 0.717) is 4.75 Å². The molecule has 2 aliphatic heterocycles. The van der Waals surface area contributed by atoms with E-state index in [9.17, 15) is 0 Å². The summed E-state index contributed by atoms with van der Waals surface area (Å²) in [6, 6.07) is 0.779. The van der Waals surface area contributed by atoms with Crippen LogP contribution < -0.4 is 5.32 Å². The van der Waals surface area contributed by atoms with Crippen molar-refractivity contribution in [3.63, 3.8) is 0 Å². The van der Waals surface area contributed by atoms with Crippen molar-refractivity contribution in [1.82, 2.24) is 10.2 Å². The maximum absolute atomic E-state index is 3.82. The van der Waals surface area contributed by atoms with Crippen molar-refractivity contribution >= 4 is 11.8 Å². The van der Waals surface area contributed by atoms with Crippen molar-refractivity contribution in [2.24, 2.45) is 0 Å². The fraction of sp³-hybridized carbons (Fsp3) is 1.00. The molecule has 0 aromatic rings. The molecule has 0 bridgehead atoms. The van der Waals surface area contributed by atoms with Gasteiger partial charge < -0.3 is 10.2 Å². The van der Waals surface area contributed by atoms with Crippen LogP contribution in [0.15, 0.2) is 0 Å². The van der Waals surface area contributed by atoms with Gasteiger partial charge in [0.25, 0.3) is 0 Å². The van der Waals surface area contributed by atoms with Crippen LogP contribution in [0, 0.1) is 0 Å². The Morgan fingerprint density at radius 3 is 2.71 bits per heavy atom. The molecule has 0 amide bonds. The predicted octanol–water partition coefficient (Wildman–Crippen LogP) is 2.74. The first-order valence-corrected chi connectivity index (χ1v) is 8.30. The van der Waals surface area contributed by atoms with Gasteiger partial charge in [-0.15, -0.1) is 0 Å². The average Bonchev–Trinajstić information content (AvgIpc) is 2.76. The average molecular weight is 256 g/mol. The van der Waals surface area contributed by atoms with Gasteiger partial charge in [-0.3, -0.25) is 0 Å². The molecule has 1 N–H and O–H groups in total. The van der Waals surface area contributed by atoms with Crippen molar-refractivity contribution in [1.29, 1.82) is 0 Å². The summed E-state index contributed by atoms with van der Waals surface area (Å²) in [4.78, 5) is 2.62. The van der Waals surface area contributed by atoms with E-state index < -0.39 is 0 Å². The highest BCUT2D eigenvalue weighted by molar-refractivity contribution is 8.00. The number of hydrogen-bond acceptors (Lipinski definition) is 3. The van der Waals surface area contributed by atoms with Crippen LogP contribution in [0.25, 0.3) is 0 Å². The van der Waals surface area contributed by atoms with E-state index in [1.807, 2.05) is 0 Å². The van der Waals surface area contributed by atoms with Crippen LogP contribution in [-0.2, 0) is 0 Å². The third-order valence-corrected chi connectivity index (χ3v) is 5.73. The number of likely N-dealkylation sites (tertiary alicyclic amines) is 1. The SMILES string of the molecule is CCCN1CCC(NCC2(C)CCCS2)CC1. The molecule has 2 aliphatic rings. The normalized spacial score (nSPS) is 32.1. The lowest BCUT2D eigenvalue weighted by molar-refractivity contribution is 0.196. The summed E-state index contributed by atoms with van der Waals surface area (Å²) < 4.78 is 0.528. The van der Waals surface area contributed by atoms with E-state index in [4.69, 9.17) is 0 Å². The number of hydrogen-bond donors (Lipinski definition) is 1. The molecule has 1 atom stereocenters. The van der Waals surface area contributed by atoms with Gasteiger partial charge >= 0.3 is 0 Å². The van der Waals surface area contributed by atoms with E-state index in [2.05, 4.69) is 35.8 Å². The number of piperidine rings is 1. The van der Waals surface area contributed by atoms with Crippen LogP contribution in [0.4, 0.5) is 0 Å².